The Morgan fingerprint density at radius 1 is 1.15 bits per heavy atom. The van der Waals surface area contributed by atoms with Crippen LogP contribution >= 0.6 is 0 Å². The molecule has 0 saturated heterocycles. The minimum Gasteiger partial charge on any atom is -0.336 e. The molecule has 0 saturated carbocycles. The molecule has 1 N–H and O–H groups in total. The summed E-state index contributed by atoms with van der Waals surface area (Å²) in [6.45, 7) is 0. The molecule has 2 rings (SSSR count). The minimum atomic E-state index is -0.979. The lowest BCUT2D eigenvalue weighted by atomic mass is 10.1. The van der Waals surface area contributed by atoms with Crippen LogP contribution in [0.5, 0.6) is 0 Å². The average molecular weight is 268 g/mol. The second kappa shape index (κ2) is 6.48. The van der Waals surface area contributed by atoms with Gasteiger partial charge in [0.25, 0.3) is 0 Å². The third kappa shape index (κ3) is 3.42. The third-order valence-corrected chi connectivity index (χ3v) is 2.86. The fourth-order valence-corrected chi connectivity index (χ4v) is 1.88. The fourth-order valence-electron chi connectivity index (χ4n) is 1.88. The van der Waals surface area contributed by atoms with Gasteiger partial charge in [-0.1, -0.05) is 48.5 Å². The molecule has 0 aliphatic rings. The quantitative estimate of drug-likeness (QED) is 0.927. The summed E-state index contributed by atoms with van der Waals surface area (Å²) < 4.78 is 13.6. The zero-order valence-electron chi connectivity index (χ0n) is 10.7. The van der Waals surface area contributed by atoms with Crippen LogP contribution in [0.4, 0.5) is 4.39 Å². The van der Waals surface area contributed by atoms with Crippen molar-refractivity contribution in [1.82, 2.24) is 5.32 Å². The maximum atomic E-state index is 13.6. The normalized spacial score (nSPS) is 11.4. The van der Waals surface area contributed by atoms with E-state index in [2.05, 4.69) is 5.32 Å². The van der Waals surface area contributed by atoms with Gasteiger partial charge < -0.3 is 5.32 Å². The smallest absolute Gasteiger partial charge is 0.225 e. The highest BCUT2D eigenvalue weighted by molar-refractivity contribution is 5.79. The van der Waals surface area contributed by atoms with Crippen molar-refractivity contribution in [3.8, 4) is 6.07 Å². The molecule has 2 aromatic rings. The Bertz CT molecular complexity index is 634. The molecule has 1 unspecified atom stereocenters. The molecule has 0 bridgehead atoms. The lowest BCUT2D eigenvalue weighted by Gasteiger charge is -2.12. The van der Waals surface area contributed by atoms with Crippen LogP contribution in [0, 0.1) is 17.1 Å². The van der Waals surface area contributed by atoms with Gasteiger partial charge in [-0.15, -0.1) is 0 Å². The first-order chi connectivity index (χ1) is 9.70. The second-order valence-electron chi connectivity index (χ2n) is 4.31. The number of benzene rings is 2. The molecule has 20 heavy (non-hydrogen) atoms. The second-order valence-corrected chi connectivity index (χ2v) is 4.31. The number of rotatable bonds is 4. The largest absolute Gasteiger partial charge is 0.336 e. The molecule has 0 aliphatic carbocycles. The van der Waals surface area contributed by atoms with Gasteiger partial charge in [-0.05, 0) is 11.6 Å². The predicted octanol–water partition coefficient (Wildman–Crippen LogP) is 2.75. The summed E-state index contributed by atoms with van der Waals surface area (Å²) in [5, 5.41) is 11.6. The fraction of sp³-hybridized carbons (Fsp3) is 0.125. The lowest BCUT2D eigenvalue weighted by Crippen LogP contribution is -2.29. The van der Waals surface area contributed by atoms with Gasteiger partial charge in [0.05, 0.1) is 12.5 Å². The Morgan fingerprint density at radius 2 is 1.80 bits per heavy atom. The number of nitrogens with zero attached hydrogens (tertiary/aromatic N) is 1. The molecule has 0 radical (unpaired) electrons. The van der Waals surface area contributed by atoms with Gasteiger partial charge in [-0.2, -0.15) is 5.26 Å². The number of halogens is 1. The van der Waals surface area contributed by atoms with Gasteiger partial charge in [-0.3, -0.25) is 4.79 Å². The van der Waals surface area contributed by atoms with Crippen molar-refractivity contribution in [3.05, 3.63) is 71.5 Å². The van der Waals surface area contributed by atoms with E-state index in [-0.39, 0.29) is 17.9 Å². The molecule has 100 valence electrons. The monoisotopic (exact) mass is 268 g/mol. The SMILES string of the molecule is N#CC(NC(=O)Cc1ccccc1)c1ccccc1F. The molecule has 2 aromatic carbocycles. The maximum Gasteiger partial charge on any atom is 0.225 e. The Hall–Kier alpha value is -2.67. The van der Waals surface area contributed by atoms with Crippen molar-refractivity contribution >= 4 is 5.91 Å². The number of amides is 1. The molecule has 1 atom stereocenters. The van der Waals surface area contributed by atoms with Crippen LogP contribution in [0.25, 0.3) is 0 Å². The number of nitrogens with one attached hydrogen (secondary N) is 1. The van der Waals surface area contributed by atoms with Gasteiger partial charge in [-0.25, -0.2) is 4.39 Å². The van der Waals surface area contributed by atoms with E-state index in [0.717, 1.165) is 5.56 Å². The summed E-state index contributed by atoms with van der Waals surface area (Å²) in [6, 6.07) is 16.0. The highest BCUT2D eigenvalue weighted by atomic mass is 19.1. The zero-order chi connectivity index (χ0) is 14.4. The van der Waals surface area contributed by atoms with Crippen molar-refractivity contribution in [2.45, 2.75) is 12.5 Å². The van der Waals surface area contributed by atoms with Gasteiger partial charge in [0, 0.05) is 5.56 Å². The summed E-state index contributed by atoms with van der Waals surface area (Å²) in [4.78, 5) is 11.9. The Morgan fingerprint density at radius 3 is 2.45 bits per heavy atom. The van der Waals surface area contributed by atoms with E-state index in [4.69, 9.17) is 5.26 Å². The first-order valence-electron chi connectivity index (χ1n) is 6.18. The van der Waals surface area contributed by atoms with E-state index in [1.165, 1.54) is 12.1 Å². The van der Waals surface area contributed by atoms with E-state index in [0.29, 0.717) is 0 Å². The van der Waals surface area contributed by atoms with Crippen LogP contribution in [0.3, 0.4) is 0 Å². The van der Waals surface area contributed by atoms with Crippen LogP contribution in [0.2, 0.25) is 0 Å². The summed E-state index contributed by atoms with van der Waals surface area (Å²) in [6.07, 6.45) is 0.160. The van der Waals surface area contributed by atoms with Crippen molar-refractivity contribution in [2.75, 3.05) is 0 Å². The van der Waals surface area contributed by atoms with Crippen molar-refractivity contribution in [3.63, 3.8) is 0 Å². The number of carbonyl (C=O) groups is 1. The van der Waals surface area contributed by atoms with Crippen LogP contribution < -0.4 is 5.32 Å². The highest BCUT2D eigenvalue weighted by Gasteiger charge is 2.17. The molecule has 0 spiro atoms. The van der Waals surface area contributed by atoms with E-state index >= 15 is 0 Å². The predicted molar refractivity (Wildman–Crippen MR) is 73.0 cm³/mol. The summed E-state index contributed by atoms with van der Waals surface area (Å²) in [5.74, 6) is -0.815. The van der Waals surface area contributed by atoms with Gasteiger partial charge in [0.15, 0.2) is 0 Å². The Labute approximate surface area is 116 Å². The molecular formula is C16H13FN2O. The van der Waals surface area contributed by atoms with Crippen LogP contribution in [0.1, 0.15) is 17.2 Å². The van der Waals surface area contributed by atoms with Crippen LogP contribution in [-0.4, -0.2) is 5.91 Å². The maximum absolute atomic E-state index is 13.6. The van der Waals surface area contributed by atoms with E-state index < -0.39 is 11.9 Å². The first kappa shape index (κ1) is 13.8. The molecule has 4 heteroatoms. The molecule has 0 heterocycles. The van der Waals surface area contributed by atoms with E-state index in [9.17, 15) is 9.18 Å². The van der Waals surface area contributed by atoms with Crippen molar-refractivity contribution in [1.29, 1.82) is 5.26 Å². The van der Waals surface area contributed by atoms with Gasteiger partial charge >= 0.3 is 0 Å². The van der Waals surface area contributed by atoms with Gasteiger partial charge in [0.1, 0.15) is 11.9 Å². The van der Waals surface area contributed by atoms with E-state index in [1.54, 1.807) is 12.1 Å². The summed E-state index contributed by atoms with van der Waals surface area (Å²) >= 11 is 0. The standard InChI is InChI=1S/C16H13FN2O/c17-14-9-5-4-8-13(14)15(11-18)19-16(20)10-12-6-2-1-3-7-12/h1-9,15H,10H2,(H,19,20). The zero-order valence-corrected chi connectivity index (χ0v) is 10.7. The molecule has 1 amide bonds. The topological polar surface area (TPSA) is 52.9 Å². The molecule has 0 aromatic heterocycles. The number of hydrogen-bond acceptors (Lipinski definition) is 2. The molecule has 0 fully saturated rings. The number of carbonyl (C=O) groups excluding carboxylic acids is 1. The highest BCUT2D eigenvalue weighted by Crippen LogP contribution is 2.16. The van der Waals surface area contributed by atoms with Gasteiger partial charge in [0.2, 0.25) is 5.91 Å². The van der Waals surface area contributed by atoms with Crippen molar-refractivity contribution in [2.24, 2.45) is 0 Å². The molecule has 3 nitrogen and oxygen atoms in total. The third-order valence-electron chi connectivity index (χ3n) is 2.86. The molecular weight excluding hydrogens is 255 g/mol. The minimum absolute atomic E-state index is 0.160. The Balaban J connectivity index is 2.06. The van der Waals surface area contributed by atoms with E-state index in [1.807, 2.05) is 36.4 Å². The average Bonchev–Trinajstić information content (AvgIpc) is 2.46. The lowest BCUT2D eigenvalue weighted by molar-refractivity contribution is -0.120. The summed E-state index contributed by atoms with van der Waals surface area (Å²) in [5.41, 5.74) is 1.02. The first-order valence-corrected chi connectivity index (χ1v) is 6.18. The summed E-state index contributed by atoms with van der Waals surface area (Å²) in [7, 11) is 0. The number of nitriles is 1. The Kier molecular flexibility index (Phi) is 4.46. The molecule has 0 aliphatic heterocycles. The van der Waals surface area contributed by atoms with Crippen molar-refractivity contribution < 1.29 is 9.18 Å². The van der Waals surface area contributed by atoms with Crippen LogP contribution in [0.15, 0.2) is 54.6 Å². The number of hydrogen-bond donors (Lipinski definition) is 1. The van der Waals surface area contributed by atoms with Crippen LogP contribution in [-0.2, 0) is 11.2 Å².